The number of carbonyl (C=O) groups is 2. The zero-order chi connectivity index (χ0) is 16.9. The second-order valence-electron chi connectivity index (χ2n) is 6.06. The summed E-state index contributed by atoms with van der Waals surface area (Å²) in [6.45, 7) is 3.04. The Morgan fingerprint density at radius 2 is 2.04 bits per heavy atom. The molecule has 1 fully saturated rings. The number of ether oxygens (including phenoxy) is 1. The van der Waals surface area contributed by atoms with Crippen LogP contribution in [0.3, 0.4) is 0 Å². The third-order valence-electron chi connectivity index (χ3n) is 4.39. The molecule has 0 aliphatic carbocycles. The molecule has 0 bridgehead atoms. The molecule has 0 atom stereocenters. The number of hydrogen-bond donors (Lipinski definition) is 2. The highest BCUT2D eigenvalue weighted by Crippen LogP contribution is 2.30. The first-order chi connectivity index (χ1) is 10.9. The van der Waals surface area contributed by atoms with Crippen LogP contribution in [0.1, 0.15) is 30.4 Å². The molecule has 0 aromatic heterocycles. The molecule has 126 valence electrons. The van der Waals surface area contributed by atoms with Crippen molar-refractivity contribution in [3.05, 3.63) is 33.8 Å². The average Bonchev–Trinajstić information content (AvgIpc) is 2.54. The largest absolute Gasteiger partial charge is 0.481 e. The third kappa shape index (κ3) is 4.78. The number of nitrogens with one attached hydrogen (secondary N) is 1. The molecule has 1 aliphatic rings. The number of hydrogen-bond acceptors (Lipinski definition) is 3. The van der Waals surface area contributed by atoms with Crippen molar-refractivity contribution in [3.63, 3.8) is 0 Å². The first-order valence-corrected chi connectivity index (χ1v) is 8.55. The van der Waals surface area contributed by atoms with Crippen LogP contribution in [-0.4, -0.2) is 36.7 Å². The highest BCUT2D eigenvalue weighted by molar-refractivity contribution is 9.10. The molecule has 0 saturated carbocycles. The minimum atomic E-state index is -0.887. The van der Waals surface area contributed by atoms with Crippen LogP contribution in [0.25, 0.3) is 0 Å². The van der Waals surface area contributed by atoms with Crippen molar-refractivity contribution in [2.45, 2.75) is 32.6 Å². The molecular weight excluding hydrogens is 362 g/mol. The quantitative estimate of drug-likeness (QED) is 0.791. The van der Waals surface area contributed by atoms with Gasteiger partial charge in [0.1, 0.15) is 0 Å². The van der Waals surface area contributed by atoms with Crippen LogP contribution in [0.2, 0.25) is 0 Å². The van der Waals surface area contributed by atoms with Gasteiger partial charge in [-0.2, -0.15) is 0 Å². The van der Waals surface area contributed by atoms with Crippen molar-refractivity contribution >= 4 is 27.8 Å². The lowest BCUT2D eigenvalue weighted by atomic mass is 9.80. The Morgan fingerprint density at radius 3 is 2.65 bits per heavy atom. The van der Waals surface area contributed by atoms with Crippen molar-refractivity contribution < 1.29 is 19.4 Å². The molecule has 1 aromatic rings. The van der Waals surface area contributed by atoms with Gasteiger partial charge in [0.05, 0.1) is 5.41 Å². The fourth-order valence-corrected chi connectivity index (χ4v) is 2.95. The van der Waals surface area contributed by atoms with Crippen LogP contribution in [-0.2, 0) is 20.7 Å². The summed E-state index contributed by atoms with van der Waals surface area (Å²) in [6.07, 6.45) is 1.87. The van der Waals surface area contributed by atoms with Crippen molar-refractivity contribution in [3.8, 4) is 0 Å². The predicted molar refractivity (Wildman–Crippen MR) is 90.3 cm³/mol. The van der Waals surface area contributed by atoms with Crippen molar-refractivity contribution in [1.29, 1.82) is 0 Å². The van der Waals surface area contributed by atoms with E-state index in [9.17, 15) is 14.7 Å². The number of amides is 1. The van der Waals surface area contributed by atoms with Gasteiger partial charge in [0.15, 0.2) is 0 Å². The molecule has 6 heteroatoms. The van der Waals surface area contributed by atoms with E-state index >= 15 is 0 Å². The fraction of sp³-hybridized carbons (Fsp3) is 0.529. The molecule has 0 unspecified atom stereocenters. The molecule has 5 nitrogen and oxygen atoms in total. The van der Waals surface area contributed by atoms with Crippen molar-refractivity contribution in [2.24, 2.45) is 5.41 Å². The zero-order valence-electron chi connectivity index (χ0n) is 13.2. The summed E-state index contributed by atoms with van der Waals surface area (Å²) in [6, 6.07) is 6.01. The van der Waals surface area contributed by atoms with E-state index in [0.717, 1.165) is 15.6 Å². The van der Waals surface area contributed by atoms with E-state index in [1.54, 1.807) is 0 Å². The number of carboxylic acid groups (broad SMARTS) is 1. The number of carboxylic acids is 1. The molecule has 2 N–H and O–H groups in total. The van der Waals surface area contributed by atoms with Gasteiger partial charge in [-0.05, 0) is 43.4 Å². The molecule has 1 aromatic carbocycles. The zero-order valence-corrected chi connectivity index (χ0v) is 14.8. The first-order valence-electron chi connectivity index (χ1n) is 7.76. The Morgan fingerprint density at radius 1 is 1.35 bits per heavy atom. The fourth-order valence-electron chi connectivity index (χ4n) is 2.70. The lowest BCUT2D eigenvalue weighted by Gasteiger charge is -2.33. The maximum Gasteiger partial charge on any atom is 0.311 e. The smallest absolute Gasteiger partial charge is 0.311 e. The number of carbonyl (C=O) groups excluding carboxylic acids is 1. The maximum absolute atomic E-state index is 12.0. The second-order valence-corrected chi connectivity index (χ2v) is 6.91. The number of halogens is 1. The Labute approximate surface area is 144 Å². The van der Waals surface area contributed by atoms with Gasteiger partial charge in [-0.3, -0.25) is 9.59 Å². The first kappa shape index (κ1) is 17.9. The highest BCUT2D eigenvalue weighted by Gasteiger charge is 2.40. The van der Waals surface area contributed by atoms with E-state index in [4.69, 9.17) is 4.74 Å². The van der Waals surface area contributed by atoms with Crippen LogP contribution in [0.5, 0.6) is 0 Å². The van der Waals surface area contributed by atoms with E-state index in [1.807, 2.05) is 19.1 Å². The normalized spacial score (nSPS) is 16.8. The Balaban J connectivity index is 1.84. The summed E-state index contributed by atoms with van der Waals surface area (Å²) in [5, 5.41) is 12.2. The molecule has 23 heavy (non-hydrogen) atoms. The lowest BCUT2D eigenvalue weighted by molar-refractivity contribution is -0.154. The van der Waals surface area contributed by atoms with Crippen LogP contribution < -0.4 is 5.32 Å². The molecule has 2 rings (SSSR count). The second kappa shape index (κ2) is 7.93. The summed E-state index contributed by atoms with van der Waals surface area (Å²) >= 11 is 3.45. The molecule has 1 amide bonds. The van der Waals surface area contributed by atoms with E-state index in [0.29, 0.717) is 38.9 Å². The van der Waals surface area contributed by atoms with E-state index in [-0.39, 0.29) is 12.5 Å². The average molecular weight is 384 g/mol. The van der Waals surface area contributed by atoms with Crippen LogP contribution in [0.15, 0.2) is 22.7 Å². The van der Waals surface area contributed by atoms with Gasteiger partial charge < -0.3 is 15.2 Å². The van der Waals surface area contributed by atoms with Gasteiger partial charge in [0.2, 0.25) is 5.91 Å². The summed E-state index contributed by atoms with van der Waals surface area (Å²) in [5.41, 5.74) is 1.34. The van der Waals surface area contributed by atoms with Crippen molar-refractivity contribution in [2.75, 3.05) is 19.8 Å². The van der Waals surface area contributed by atoms with Gasteiger partial charge in [-0.25, -0.2) is 0 Å². The van der Waals surface area contributed by atoms with Gasteiger partial charge in [-0.15, -0.1) is 0 Å². The molecule has 1 heterocycles. The van der Waals surface area contributed by atoms with E-state index in [2.05, 4.69) is 27.3 Å². The van der Waals surface area contributed by atoms with Crippen LogP contribution in [0.4, 0.5) is 0 Å². The van der Waals surface area contributed by atoms with E-state index < -0.39 is 11.4 Å². The molecule has 1 saturated heterocycles. The standard InChI is InChI=1S/C17H22BrNO4/c1-12-10-13(2-4-14(12)18)3-5-15(20)19-11-17(16(21)22)6-8-23-9-7-17/h2,4,10H,3,5-9,11H2,1H3,(H,19,20)(H,21,22). The SMILES string of the molecule is Cc1cc(CCC(=O)NCC2(C(=O)O)CCOCC2)ccc1Br. The number of benzene rings is 1. The van der Waals surface area contributed by atoms with Gasteiger partial charge >= 0.3 is 5.97 Å². The van der Waals surface area contributed by atoms with Crippen LogP contribution in [0, 0.1) is 12.3 Å². The maximum atomic E-state index is 12.0. The summed E-state index contributed by atoms with van der Waals surface area (Å²) < 4.78 is 6.28. The third-order valence-corrected chi connectivity index (χ3v) is 5.28. The monoisotopic (exact) mass is 383 g/mol. The minimum Gasteiger partial charge on any atom is -0.481 e. The minimum absolute atomic E-state index is 0.113. The summed E-state index contributed by atoms with van der Waals surface area (Å²) in [4.78, 5) is 23.6. The number of rotatable bonds is 6. The predicted octanol–water partition coefficient (Wildman–Crippen LogP) is 2.69. The topological polar surface area (TPSA) is 75.6 Å². The molecular formula is C17H22BrNO4. The van der Waals surface area contributed by atoms with Gasteiger partial charge in [0.25, 0.3) is 0 Å². The number of aryl methyl sites for hydroxylation is 2. The van der Waals surface area contributed by atoms with E-state index in [1.165, 1.54) is 0 Å². The summed E-state index contributed by atoms with van der Waals surface area (Å²) in [5.74, 6) is -0.970. The summed E-state index contributed by atoms with van der Waals surface area (Å²) in [7, 11) is 0. The van der Waals surface area contributed by atoms with Crippen molar-refractivity contribution in [1.82, 2.24) is 5.32 Å². The van der Waals surface area contributed by atoms with Gasteiger partial charge in [-0.1, -0.05) is 28.1 Å². The molecule has 1 aliphatic heterocycles. The Bertz CT molecular complexity index is 582. The van der Waals surface area contributed by atoms with Gasteiger partial charge in [0, 0.05) is 30.7 Å². The number of aliphatic carboxylic acids is 1. The highest BCUT2D eigenvalue weighted by atomic mass is 79.9. The Hall–Kier alpha value is -1.40. The molecule has 0 spiro atoms. The lowest BCUT2D eigenvalue weighted by Crippen LogP contribution is -2.46. The molecule has 0 radical (unpaired) electrons. The Kier molecular flexibility index (Phi) is 6.18. The van der Waals surface area contributed by atoms with Crippen LogP contribution >= 0.6 is 15.9 Å².